The lowest BCUT2D eigenvalue weighted by Gasteiger charge is -1.99. The molecule has 58 valence electrons. The summed E-state index contributed by atoms with van der Waals surface area (Å²) in [6.07, 6.45) is 0. The summed E-state index contributed by atoms with van der Waals surface area (Å²) in [5, 5.41) is 3.60. The number of nitrogens with one attached hydrogen (secondary N) is 1. The van der Waals surface area contributed by atoms with Crippen LogP contribution in [0.1, 0.15) is 0 Å². The van der Waals surface area contributed by atoms with Crippen LogP contribution in [0.4, 0.5) is 0 Å². The zero-order chi connectivity index (χ0) is 7.98. The van der Waals surface area contributed by atoms with E-state index in [9.17, 15) is 0 Å². The highest BCUT2D eigenvalue weighted by molar-refractivity contribution is 9.11. The summed E-state index contributed by atoms with van der Waals surface area (Å²) in [4.78, 5) is 0. The van der Waals surface area contributed by atoms with Crippen molar-refractivity contribution in [2.75, 3.05) is 13.1 Å². The molecule has 10 heavy (non-hydrogen) atoms. The van der Waals surface area contributed by atoms with Crippen LogP contribution in [-0.2, 0) is 0 Å². The molecule has 0 heterocycles. The van der Waals surface area contributed by atoms with Crippen LogP contribution in [-0.4, -0.2) is 13.1 Å². The van der Waals surface area contributed by atoms with E-state index in [4.69, 9.17) is 23.2 Å². The predicted molar refractivity (Wildman–Crippen MR) is 50.7 cm³/mol. The molecule has 0 aliphatic carbocycles. The van der Waals surface area contributed by atoms with Crippen LogP contribution in [0.5, 0.6) is 0 Å². The van der Waals surface area contributed by atoms with Crippen molar-refractivity contribution in [1.82, 2.24) is 5.32 Å². The zero-order valence-corrected chi connectivity index (χ0v) is 8.43. The summed E-state index contributed by atoms with van der Waals surface area (Å²) >= 11 is 14.1. The van der Waals surface area contributed by atoms with Gasteiger partial charge in [-0.05, 0) is 0 Å². The van der Waals surface area contributed by atoms with E-state index >= 15 is 0 Å². The van der Waals surface area contributed by atoms with Gasteiger partial charge in [-0.25, -0.2) is 0 Å². The minimum Gasteiger partial charge on any atom is -0.307 e. The molecule has 0 amide bonds. The van der Waals surface area contributed by atoms with Crippen LogP contribution in [0.3, 0.4) is 0 Å². The Bertz CT molecular complexity index is 145. The third kappa shape index (κ3) is 6.62. The largest absolute Gasteiger partial charge is 0.307 e. The minimum absolute atomic E-state index is 0.579. The van der Waals surface area contributed by atoms with E-state index < -0.39 is 0 Å². The maximum absolute atomic E-state index is 5.57. The van der Waals surface area contributed by atoms with E-state index in [2.05, 4.69) is 27.8 Å². The third-order valence-corrected chi connectivity index (χ3v) is 1.63. The molecule has 1 N–H and O–H groups in total. The smallest absolute Gasteiger partial charge is 0.0432 e. The van der Waals surface area contributed by atoms with Crippen LogP contribution in [0.25, 0.3) is 0 Å². The lowest BCUT2D eigenvalue weighted by Crippen LogP contribution is -2.16. The Morgan fingerprint density at radius 1 is 1.60 bits per heavy atom. The first-order chi connectivity index (χ1) is 4.66. The second-order valence-electron chi connectivity index (χ2n) is 1.68. The van der Waals surface area contributed by atoms with Gasteiger partial charge in [-0.15, -0.1) is 0 Å². The molecule has 0 bridgehead atoms. The van der Waals surface area contributed by atoms with Gasteiger partial charge in [0.15, 0.2) is 0 Å². The van der Waals surface area contributed by atoms with Crippen molar-refractivity contribution in [3.8, 4) is 0 Å². The number of rotatable bonds is 4. The second-order valence-corrected chi connectivity index (χ2v) is 3.50. The van der Waals surface area contributed by atoms with Gasteiger partial charge in [0.05, 0.1) is 0 Å². The van der Waals surface area contributed by atoms with Gasteiger partial charge in [0, 0.05) is 28.1 Å². The van der Waals surface area contributed by atoms with Gasteiger partial charge in [-0.2, -0.15) is 0 Å². The molecule has 0 aromatic carbocycles. The molecule has 1 nitrogen and oxygen atoms in total. The van der Waals surface area contributed by atoms with Crippen molar-refractivity contribution >= 4 is 39.1 Å². The van der Waals surface area contributed by atoms with E-state index in [1.54, 1.807) is 0 Å². The average molecular weight is 245 g/mol. The van der Waals surface area contributed by atoms with Gasteiger partial charge in [0.1, 0.15) is 0 Å². The highest BCUT2D eigenvalue weighted by Crippen LogP contribution is 2.02. The van der Waals surface area contributed by atoms with Gasteiger partial charge in [-0.1, -0.05) is 45.7 Å². The lowest BCUT2D eigenvalue weighted by atomic mass is 10.5. The molecule has 0 saturated carbocycles. The highest BCUT2D eigenvalue weighted by Gasteiger charge is 1.90. The SMILES string of the molecule is C=C(Br)CNC/C(Cl)=C\Cl. The van der Waals surface area contributed by atoms with Crippen LogP contribution in [0, 0.1) is 0 Å². The van der Waals surface area contributed by atoms with E-state index in [-0.39, 0.29) is 0 Å². The van der Waals surface area contributed by atoms with Crippen molar-refractivity contribution in [1.29, 1.82) is 0 Å². The summed E-state index contributed by atoms with van der Waals surface area (Å²) in [6.45, 7) is 4.91. The van der Waals surface area contributed by atoms with Gasteiger partial charge < -0.3 is 5.32 Å². The Labute approximate surface area is 79.2 Å². The molecule has 0 aromatic rings. The molecular formula is C6H8BrCl2N. The molecule has 0 rings (SSSR count). The van der Waals surface area contributed by atoms with Gasteiger partial charge >= 0.3 is 0 Å². The van der Waals surface area contributed by atoms with Gasteiger partial charge in [0.25, 0.3) is 0 Å². The van der Waals surface area contributed by atoms with Crippen molar-refractivity contribution in [3.05, 3.63) is 21.6 Å². The lowest BCUT2D eigenvalue weighted by molar-refractivity contribution is 0.832. The van der Waals surface area contributed by atoms with E-state index in [1.165, 1.54) is 5.54 Å². The monoisotopic (exact) mass is 243 g/mol. The van der Waals surface area contributed by atoms with Crippen LogP contribution in [0.2, 0.25) is 0 Å². The summed E-state index contributed by atoms with van der Waals surface area (Å²) < 4.78 is 0.895. The predicted octanol–water partition coefficient (Wildman–Crippen LogP) is 2.80. The topological polar surface area (TPSA) is 12.0 Å². The van der Waals surface area contributed by atoms with Crippen LogP contribution < -0.4 is 5.32 Å². The van der Waals surface area contributed by atoms with Gasteiger partial charge in [0.2, 0.25) is 0 Å². The first-order valence-corrected chi connectivity index (χ1v) is 4.26. The molecule has 0 aromatic heterocycles. The molecule has 0 fully saturated rings. The number of hydrogen-bond acceptors (Lipinski definition) is 1. The van der Waals surface area contributed by atoms with Crippen LogP contribution in [0.15, 0.2) is 21.6 Å². The van der Waals surface area contributed by atoms with Crippen molar-refractivity contribution in [3.63, 3.8) is 0 Å². The fraction of sp³-hybridized carbons (Fsp3) is 0.333. The standard InChI is InChI=1S/C6H8BrCl2N/c1-5(7)3-10-4-6(9)2-8/h2,10H,1,3-4H2/b6-2+. The average Bonchev–Trinajstić information content (AvgIpc) is 1.87. The number of halogens is 3. The summed E-state index contributed by atoms with van der Waals surface area (Å²) in [6, 6.07) is 0. The first-order valence-electron chi connectivity index (χ1n) is 2.65. The molecule has 0 spiro atoms. The number of hydrogen-bond donors (Lipinski definition) is 1. The van der Waals surface area contributed by atoms with E-state index in [0.29, 0.717) is 18.1 Å². The van der Waals surface area contributed by atoms with Crippen LogP contribution >= 0.6 is 39.1 Å². The Morgan fingerprint density at radius 2 is 2.20 bits per heavy atom. The minimum atomic E-state index is 0.579. The molecule has 0 aliphatic rings. The fourth-order valence-corrected chi connectivity index (χ4v) is 0.726. The third-order valence-electron chi connectivity index (χ3n) is 0.729. The maximum atomic E-state index is 5.57. The normalized spacial score (nSPS) is 11.7. The van der Waals surface area contributed by atoms with Gasteiger partial charge in [-0.3, -0.25) is 0 Å². The molecular weight excluding hydrogens is 237 g/mol. The second kappa shape index (κ2) is 6.23. The van der Waals surface area contributed by atoms with E-state index in [0.717, 1.165) is 4.48 Å². The molecule has 0 unspecified atom stereocenters. The first kappa shape index (κ1) is 10.5. The Kier molecular flexibility index (Phi) is 6.54. The molecule has 0 aliphatic heterocycles. The Hall–Kier alpha value is 0.500. The summed E-state index contributed by atoms with van der Waals surface area (Å²) in [5.41, 5.74) is 1.34. The molecule has 4 heteroatoms. The maximum Gasteiger partial charge on any atom is 0.0432 e. The Balaban J connectivity index is 3.29. The van der Waals surface area contributed by atoms with Crippen molar-refractivity contribution in [2.45, 2.75) is 0 Å². The fourth-order valence-electron chi connectivity index (χ4n) is 0.356. The highest BCUT2D eigenvalue weighted by atomic mass is 79.9. The quantitative estimate of drug-likeness (QED) is 0.802. The molecule has 0 radical (unpaired) electrons. The van der Waals surface area contributed by atoms with Crippen molar-refractivity contribution < 1.29 is 0 Å². The summed E-state index contributed by atoms with van der Waals surface area (Å²) in [7, 11) is 0. The summed E-state index contributed by atoms with van der Waals surface area (Å²) in [5.74, 6) is 0. The van der Waals surface area contributed by atoms with E-state index in [1.807, 2.05) is 0 Å². The molecule has 0 atom stereocenters. The zero-order valence-electron chi connectivity index (χ0n) is 5.33. The molecule has 0 saturated heterocycles. The Morgan fingerprint density at radius 3 is 2.60 bits per heavy atom. The van der Waals surface area contributed by atoms with Crippen molar-refractivity contribution in [2.24, 2.45) is 0 Å².